The zero-order chi connectivity index (χ0) is 27.6. The number of aromatic nitrogens is 3. The molecule has 10 heteroatoms. The number of hydrogen-bond donors (Lipinski definition) is 2. The van der Waals surface area contributed by atoms with Gasteiger partial charge in [0.25, 0.3) is 11.8 Å². The number of fused-ring (bicyclic) bond motifs is 2. The van der Waals surface area contributed by atoms with Gasteiger partial charge in [-0.3, -0.25) is 14.6 Å². The molecule has 0 radical (unpaired) electrons. The van der Waals surface area contributed by atoms with E-state index in [9.17, 15) is 14.0 Å². The molecule has 200 valence electrons. The molecule has 0 bridgehead atoms. The molecule has 0 atom stereocenters. The van der Waals surface area contributed by atoms with Gasteiger partial charge >= 0.3 is 0 Å². The fraction of sp³-hybridized carbons (Fsp3) is 0.167. The first-order chi connectivity index (χ1) is 19.5. The standard InChI is InChI=1S/C30H26FN7O2/c31-24-11-5-10-23-26(24)35-30(32)36-27(23)28(39)34-18-19-6-4-9-21-22(12-13-33-25(19)21)29(40)38-16-14-37(15-17-38)20-7-2-1-3-8-20/h1-13H,14-18H2,(H,34,39)(H2,32,35,36). The summed E-state index contributed by atoms with van der Waals surface area (Å²) in [5.41, 5.74) is 8.78. The lowest BCUT2D eigenvalue weighted by Crippen LogP contribution is -2.48. The van der Waals surface area contributed by atoms with Crippen LogP contribution in [0, 0.1) is 5.82 Å². The van der Waals surface area contributed by atoms with Gasteiger partial charge < -0.3 is 20.9 Å². The van der Waals surface area contributed by atoms with Crippen LogP contribution in [0.25, 0.3) is 21.8 Å². The van der Waals surface area contributed by atoms with Crippen LogP contribution in [0.5, 0.6) is 0 Å². The maximum absolute atomic E-state index is 14.3. The SMILES string of the molecule is Nc1nc(C(=O)NCc2cccc3c(C(=O)N4CCN(c5ccccc5)CC4)ccnc23)c2cccc(F)c2n1. The number of amides is 2. The van der Waals surface area contributed by atoms with Crippen LogP contribution < -0.4 is 16.0 Å². The highest BCUT2D eigenvalue weighted by Gasteiger charge is 2.24. The number of rotatable bonds is 5. The first kappa shape index (κ1) is 25.2. The van der Waals surface area contributed by atoms with Gasteiger partial charge in [-0.15, -0.1) is 0 Å². The van der Waals surface area contributed by atoms with Crippen molar-refractivity contribution in [2.75, 3.05) is 36.8 Å². The van der Waals surface area contributed by atoms with Crippen molar-refractivity contribution in [3.8, 4) is 0 Å². The number of para-hydroxylation sites is 3. The maximum Gasteiger partial charge on any atom is 0.271 e. The van der Waals surface area contributed by atoms with Crippen LogP contribution in [0.4, 0.5) is 16.0 Å². The third-order valence-electron chi connectivity index (χ3n) is 7.12. The molecule has 2 amide bonds. The number of pyridine rings is 1. The van der Waals surface area contributed by atoms with Crippen LogP contribution in [-0.2, 0) is 6.54 Å². The van der Waals surface area contributed by atoms with Crippen molar-refractivity contribution in [2.45, 2.75) is 6.54 Å². The van der Waals surface area contributed by atoms with Crippen molar-refractivity contribution >= 4 is 45.3 Å². The predicted molar refractivity (Wildman–Crippen MR) is 151 cm³/mol. The molecule has 0 saturated carbocycles. The molecule has 9 nitrogen and oxygen atoms in total. The molecule has 3 aromatic carbocycles. The Labute approximate surface area is 229 Å². The lowest BCUT2D eigenvalue weighted by atomic mass is 10.0. The Kier molecular flexibility index (Phi) is 6.65. The zero-order valence-electron chi connectivity index (χ0n) is 21.5. The lowest BCUT2D eigenvalue weighted by Gasteiger charge is -2.36. The Bertz CT molecular complexity index is 1740. The van der Waals surface area contributed by atoms with Crippen molar-refractivity contribution in [3.63, 3.8) is 0 Å². The minimum Gasteiger partial charge on any atom is -0.368 e. The molecule has 5 aromatic rings. The molecule has 0 spiro atoms. The van der Waals surface area contributed by atoms with E-state index in [0.29, 0.717) is 29.6 Å². The third kappa shape index (κ3) is 4.75. The molecule has 1 aliphatic rings. The highest BCUT2D eigenvalue weighted by Crippen LogP contribution is 2.24. The summed E-state index contributed by atoms with van der Waals surface area (Å²) in [6, 6.07) is 21.8. The topological polar surface area (TPSA) is 117 Å². The molecule has 1 aliphatic heterocycles. The Morgan fingerprint density at radius 3 is 2.40 bits per heavy atom. The van der Waals surface area contributed by atoms with Gasteiger partial charge in [0.15, 0.2) is 0 Å². The number of carbonyl (C=O) groups excluding carboxylic acids is 2. The Hall–Kier alpha value is -5.12. The highest BCUT2D eigenvalue weighted by molar-refractivity contribution is 6.07. The summed E-state index contributed by atoms with van der Waals surface area (Å²) >= 11 is 0. The van der Waals surface area contributed by atoms with E-state index in [2.05, 4.69) is 37.3 Å². The molecule has 0 unspecified atom stereocenters. The summed E-state index contributed by atoms with van der Waals surface area (Å²) < 4.78 is 14.3. The summed E-state index contributed by atoms with van der Waals surface area (Å²) in [6.07, 6.45) is 1.61. The van der Waals surface area contributed by atoms with E-state index in [-0.39, 0.29) is 35.0 Å². The molecule has 3 heterocycles. The number of nitrogens with one attached hydrogen (secondary N) is 1. The summed E-state index contributed by atoms with van der Waals surface area (Å²) in [5, 5.41) is 3.81. The van der Waals surface area contributed by atoms with Gasteiger partial charge in [0.05, 0.1) is 11.1 Å². The van der Waals surface area contributed by atoms with E-state index >= 15 is 0 Å². The van der Waals surface area contributed by atoms with E-state index in [0.717, 1.165) is 24.3 Å². The van der Waals surface area contributed by atoms with Gasteiger partial charge in [0.2, 0.25) is 5.95 Å². The third-order valence-corrected chi connectivity index (χ3v) is 7.12. The molecule has 3 N–H and O–H groups in total. The van der Waals surface area contributed by atoms with Crippen molar-refractivity contribution in [1.82, 2.24) is 25.2 Å². The lowest BCUT2D eigenvalue weighted by molar-refractivity contribution is 0.0748. The normalized spacial score (nSPS) is 13.5. The number of carbonyl (C=O) groups is 2. The number of nitrogens with zero attached hydrogens (tertiary/aromatic N) is 5. The predicted octanol–water partition coefficient (Wildman–Crippen LogP) is 3.79. The van der Waals surface area contributed by atoms with Crippen molar-refractivity contribution in [1.29, 1.82) is 0 Å². The summed E-state index contributed by atoms with van der Waals surface area (Å²) in [7, 11) is 0. The first-order valence-electron chi connectivity index (χ1n) is 13.0. The summed E-state index contributed by atoms with van der Waals surface area (Å²) in [5.74, 6) is -1.35. The largest absolute Gasteiger partial charge is 0.368 e. The van der Waals surface area contributed by atoms with Crippen LogP contribution in [-0.4, -0.2) is 57.8 Å². The minimum absolute atomic E-state index is 0.0132. The number of hydrogen-bond acceptors (Lipinski definition) is 7. The Balaban J connectivity index is 1.21. The maximum atomic E-state index is 14.3. The smallest absolute Gasteiger partial charge is 0.271 e. The second kappa shape index (κ2) is 10.6. The fourth-order valence-electron chi connectivity index (χ4n) is 5.11. The molecule has 2 aromatic heterocycles. The van der Waals surface area contributed by atoms with Crippen LogP contribution in [0.15, 0.2) is 79.0 Å². The minimum atomic E-state index is -0.586. The molecule has 40 heavy (non-hydrogen) atoms. The monoisotopic (exact) mass is 535 g/mol. The number of benzene rings is 3. The van der Waals surface area contributed by atoms with E-state index in [1.807, 2.05) is 41.3 Å². The molecule has 1 saturated heterocycles. The Morgan fingerprint density at radius 1 is 0.850 bits per heavy atom. The second-order valence-electron chi connectivity index (χ2n) is 9.54. The number of halogens is 1. The molecule has 6 rings (SSSR count). The quantitative estimate of drug-likeness (QED) is 0.352. The van der Waals surface area contributed by atoms with E-state index in [4.69, 9.17) is 5.73 Å². The van der Waals surface area contributed by atoms with E-state index in [1.54, 1.807) is 18.3 Å². The molecule has 1 fully saturated rings. The van der Waals surface area contributed by atoms with Gasteiger partial charge in [-0.2, -0.15) is 0 Å². The molecular formula is C30H26FN7O2. The summed E-state index contributed by atoms with van der Waals surface area (Å²) in [4.78, 5) is 43.3. The van der Waals surface area contributed by atoms with Gasteiger partial charge in [-0.05, 0) is 29.8 Å². The van der Waals surface area contributed by atoms with Crippen LogP contribution in [0.1, 0.15) is 26.4 Å². The number of piperazine rings is 1. The van der Waals surface area contributed by atoms with Crippen LogP contribution in [0.3, 0.4) is 0 Å². The summed E-state index contributed by atoms with van der Waals surface area (Å²) in [6.45, 7) is 2.86. The number of anilines is 2. The average Bonchev–Trinajstić information content (AvgIpc) is 3.00. The van der Waals surface area contributed by atoms with Gasteiger partial charge in [-0.1, -0.05) is 48.5 Å². The van der Waals surface area contributed by atoms with Crippen molar-refractivity contribution in [2.24, 2.45) is 0 Å². The van der Waals surface area contributed by atoms with Gasteiger partial charge in [0, 0.05) is 55.4 Å². The molecule has 0 aliphatic carbocycles. The Morgan fingerprint density at radius 2 is 1.60 bits per heavy atom. The first-order valence-corrected chi connectivity index (χ1v) is 13.0. The van der Waals surface area contributed by atoms with Gasteiger partial charge in [0.1, 0.15) is 17.0 Å². The number of nitrogen functional groups attached to an aromatic ring is 1. The van der Waals surface area contributed by atoms with Crippen LogP contribution >= 0.6 is 0 Å². The average molecular weight is 536 g/mol. The van der Waals surface area contributed by atoms with E-state index < -0.39 is 11.7 Å². The van der Waals surface area contributed by atoms with Crippen LogP contribution in [0.2, 0.25) is 0 Å². The zero-order valence-corrected chi connectivity index (χ0v) is 21.5. The molecular weight excluding hydrogens is 509 g/mol. The second-order valence-corrected chi connectivity index (χ2v) is 9.54. The van der Waals surface area contributed by atoms with E-state index in [1.165, 1.54) is 12.1 Å². The van der Waals surface area contributed by atoms with Crippen molar-refractivity contribution < 1.29 is 14.0 Å². The number of nitrogens with two attached hydrogens (primary N) is 1. The van der Waals surface area contributed by atoms with Crippen molar-refractivity contribution in [3.05, 3.63) is 102 Å². The van der Waals surface area contributed by atoms with Gasteiger partial charge in [-0.25, -0.2) is 14.4 Å². The highest BCUT2D eigenvalue weighted by atomic mass is 19.1. The fourth-order valence-corrected chi connectivity index (χ4v) is 5.11.